The number of carbonyl (C=O) groups is 2. The first-order valence-corrected chi connectivity index (χ1v) is 11.2. The van der Waals surface area contributed by atoms with E-state index in [9.17, 15) is 14.0 Å². The van der Waals surface area contributed by atoms with Gasteiger partial charge in [0.05, 0.1) is 31.3 Å². The van der Waals surface area contributed by atoms with Crippen molar-refractivity contribution >= 4 is 45.2 Å². The van der Waals surface area contributed by atoms with Gasteiger partial charge in [-0.25, -0.2) is 14.2 Å². The van der Waals surface area contributed by atoms with Crippen LogP contribution in [-0.4, -0.2) is 35.9 Å². The highest BCUT2D eigenvalue weighted by Gasteiger charge is 2.21. The van der Waals surface area contributed by atoms with Crippen LogP contribution < -0.4 is 5.32 Å². The standard InChI is InChI=1S/C25H22FN3O4S/c1-29(15-19-7-4-12-33-19)14-18-9-10-20-22(23(25(31)32-2)34-24(20)27-18)28-21(30)11-8-16-5-3-6-17(26)13-16/h3-13H,14-15H2,1-2H3,(H,28,30)/b11-8+. The molecule has 34 heavy (non-hydrogen) atoms. The fourth-order valence-electron chi connectivity index (χ4n) is 3.41. The summed E-state index contributed by atoms with van der Waals surface area (Å²) in [6, 6.07) is 13.3. The largest absolute Gasteiger partial charge is 0.468 e. The molecule has 1 aromatic carbocycles. The van der Waals surface area contributed by atoms with Crippen LogP contribution in [0, 0.1) is 5.82 Å². The van der Waals surface area contributed by atoms with Gasteiger partial charge in [0.1, 0.15) is 21.3 Å². The first kappa shape index (κ1) is 23.3. The summed E-state index contributed by atoms with van der Waals surface area (Å²) >= 11 is 1.15. The lowest BCUT2D eigenvalue weighted by atomic mass is 10.2. The van der Waals surface area contributed by atoms with Crippen molar-refractivity contribution in [3.8, 4) is 0 Å². The van der Waals surface area contributed by atoms with Gasteiger partial charge < -0.3 is 14.5 Å². The minimum absolute atomic E-state index is 0.249. The predicted octanol–water partition coefficient (Wildman–Crippen LogP) is 5.10. The Balaban J connectivity index is 1.56. The van der Waals surface area contributed by atoms with Crippen LogP contribution in [0.3, 0.4) is 0 Å². The van der Waals surface area contributed by atoms with Gasteiger partial charge in [-0.15, -0.1) is 11.3 Å². The van der Waals surface area contributed by atoms with Crippen molar-refractivity contribution < 1.29 is 23.1 Å². The highest BCUT2D eigenvalue weighted by molar-refractivity contribution is 7.21. The average molecular weight is 480 g/mol. The second-order valence-electron chi connectivity index (χ2n) is 7.58. The molecule has 0 saturated carbocycles. The predicted molar refractivity (Wildman–Crippen MR) is 129 cm³/mol. The van der Waals surface area contributed by atoms with Gasteiger partial charge in [0.2, 0.25) is 5.91 Å². The Morgan fingerprint density at radius 1 is 1.21 bits per heavy atom. The molecule has 0 aliphatic heterocycles. The third-order valence-electron chi connectivity index (χ3n) is 4.95. The normalized spacial score (nSPS) is 11.4. The molecule has 4 rings (SSSR count). The molecule has 0 fully saturated rings. The van der Waals surface area contributed by atoms with Gasteiger partial charge in [0.25, 0.3) is 0 Å². The highest BCUT2D eigenvalue weighted by atomic mass is 32.1. The molecule has 0 aliphatic rings. The third kappa shape index (κ3) is 5.56. The molecule has 1 N–H and O–H groups in total. The summed E-state index contributed by atoms with van der Waals surface area (Å²) in [5.74, 6) is -0.569. The van der Waals surface area contributed by atoms with Crippen molar-refractivity contribution in [2.24, 2.45) is 0 Å². The summed E-state index contributed by atoms with van der Waals surface area (Å²) in [5.41, 5.74) is 1.69. The van der Waals surface area contributed by atoms with E-state index in [1.165, 1.54) is 31.4 Å². The number of esters is 1. The van der Waals surface area contributed by atoms with Gasteiger partial charge in [-0.05, 0) is 55.1 Å². The highest BCUT2D eigenvalue weighted by Crippen LogP contribution is 2.35. The van der Waals surface area contributed by atoms with E-state index in [0.717, 1.165) is 22.8 Å². The number of benzene rings is 1. The van der Waals surface area contributed by atoms with E-state index in [4.69, 9.17) is 9.15 Å². The number of pyridine rings is 1. The summed E-state index contributed by atoms with van der Waals surface area (Å²) in [7, 11) is 3.24. The lowest BCUT2D eigenvalue weighted by molar-refractivity contribution is -0.111. The molecule has 3 aromatic heterocycles. The monoisotopic (exact) mass is 479 g/mol. The first-order chi connectivity index (χ1) is 16.4. The number of thiophene rings is 1. The average Bonchev–Trinajstić information content (AvgIpc) is 3.45. The number of hydrogen-bond donors (Lipinski definition) is 1. The van der Waals surface area contributed by atoms with Crippen LogP contribution in [0.2, 0.25) is 0 Å². The van der Waals surface area contributed by atoms with E-state index >= 15 is 0 Å². The molecule has 0 unspecified atom stereocenters. The number of halogens is 1. The Hall–Kier alpha value is -3.82. The summed E-state index contributed by atoms with van der Waals surface area (Å²) in [6.45, 7) is 1.20. The number of methoxy groups -OCH3 is 1. The van der Waals surface area contributed by atoms with Gasteiger partial charge in [-0.1, -0.05) is 12.1 Å². The zero-order valence-electron chi connectivity index (χ0n) is 18.6. The van der Waals surface area contributed by atoms with Crippen LogP contribution in [0.25, 0.3) is 16.3 Å². The number of ether oxygens (including phenoxy) is 1. The minimum Gasteiger partial charge on any atom is -0.468 e. The smallest absolute Gasteiger partial charge is 0.350 e. The molecule has 1 amide bonds. The van der Waals surface area contributed by atoms with Crippen LogP contribution in [-0.2, 0) is 22.6 Å². The van der Waals surface area contributed by atoms with Crippen molar-refractivity contribution in [2.75, 3.05) is 19.5 Å². The van der Waals surface area contributed by atoms with E-state index in [-0.39, 0.29) is 4.88 Å². The number of furan rings is 1. The van der Waals surface area contributed by atoms with Crippen molar-refractivity contribution in [1.82, 2.24) is 9.88 Å². The van der Waals surface area contributed by atoms with E-state index in [1.54, 1.807) is 18.4 Å². The van der Waals surface area contributed by atoms with Crippen LogP contribution in [0.5, 0.6) is 0 Å². The molecule has 4 aromatic rings. The molecule has 0 spiro atoms. The lowest BCUT2D eigenvalue weighted by Gasteiger charge is -2.14. The van der Waals surface area contributed by atoms with Crippen molar-refractivity contribution in [1.29, 1.82) is 0 Å². The number of carbonyl (C=O) groups excluding carboxylic acids is 2. The maximum absolute atomic E-state index is 13.4. The van der Waals surface area contributed by atoms with Crippen molar-refractivity contribution in [3.63, 3.8) is 0 Å². The summed E-state index contributed by atoms with van der Waals surface area (Å²) in [5, 5.41) is 3.39. The van der Waals surface area contributed by atoms with Crippen molar-refractivity contribution in [2.45, 2.75) is 13.1 Å². The van der Waals surface area contributed by atoms with Gasteiger partial charge in [-0.2, -0.15) is 0 Å². The van der Waals surface area contributed by atoms with Crippen LogP contribution >= 0.6 is 11.3 Å². The zero-order valence-corrected chi connectivity index (χ0v) is 19.4. The summed E-state index contributed by atoms with van der Waals surface area (Å²) in [4.78, 5) is 32.5. The Labute approximate surface area is 199 Å². The molecule has 7 nitrogen and oxygen atoms in total. The molecule has 0 saturated heterocycles. The van der Waals surface area contributed by atoms with Crippen LogP contribution in [0.4, 0.5) is 10.1 Å². The molecule has 9 heteroatoms. The van der Waals surface area contributed by atoms with E-state index in [2.05, 4.69) is 15.2 Å². The Kier molecular flexibility index (Phi) is 7.15. The fraction of sp³-hybridized carbons (Fsp3) is 0.160. The number of anilines is 1. The quantitative estimate of drug-likeness (QED) is 0.280. The van der Waals surface area contributed by atoms with E-state index < -0.39 is 17.7 Å². The molecular formula is C25H22FN3O4S. The molecule has 0 radical (unpaired) electrons. The fourth-order valence-corrected chi connectivity index (χ4v) is 4.48. The first-order valence-electron chi connectivity index (χ1n) is 10.4. The number of nitrogens with zero attached hydrogens (tertiary/aromatic N) is 2. The maximum atomic E-state index is 13.4. The number of fused-ring (bicyclic) bond motifs is 1. The van der Waals surface area contributed by atoms with Gasteiger partial charge in [-0.3, -0.25) is 9.69 Å². The van der Waals surface area contributed by atoms with Gasteiger partial charge in [0, 0.05) is 18.0 Å². The maximum Gasteiger partial charge on any atom is 0.350 e. The minimum atomic E-state index is -0.566. The van der Waals surface area contributed by atoms with Gasteiger partial charge in [0.15, 0.2) is 0 Å². The Morgan fingerprint density at radius 2 is 2.06 bits per heavy atom. The molecule has 0 aliphatic carbocycles. The zero-order chi connectivity index (χ0) is 24.1. The molecule has 0 bridgehead atoms. The second-order valence-corrected chi connectivity index (χ2v) is 8.58. The third-order valence-corrected chi connectivity index (χ3v) is 6.03. The van der Waals surface area contributed by atoms with Gasteiger partial charge >= 0.3 is 5.97 Å². The van der Waals surface area contributed by atoms with E-state index in [1.807, 2.05) is 31.3 Å². The Morgan fingerprint density at radius 3 is 2.79 bits per heavy atom. The molecule has 174 valence electrons. The van der Waals surface area contributed by atoms with Crippen LogP contribution in [0.15, 0.2) is 65.3 Å². The second kappa shape index (κ2) is 10.4. The molecular weight excluding hydrogens is 457 g/mol. The Bertz CT molecular complexity index is 1350. The van der Waals surface area contributed by atoms with Crippen LogP contribution in [0.1, 0.15) is 26.7 Å². The number of nitrogens with one attached hydrogen (secondary N) is 1. The number of aromatic nitrogens is 1. The number of hydrogen-bond acceptors (Lipinski definition) is 7. The number of rotatable bonds is 8. The summed E-state index contributed by atoms with van der Waals surface area (Å²) in [6.07, 6.45) is 4.41. The molecule has 0 atom stereocenters. The lowest BCUT2D eigenvalue weighted by Crippen LogP contribution is -2.17. The van der Waals surface area contributed by atoms with Crippen molar-refractivity contribution in [3.05, 3.63) is 88.6 Å². The van der Waals surface area contributed by atoms with E-state index in [0.29, 0.717) is 34.6 Å². The summed E-state index contributed by atoms with van der Waals surface area (Å²) < 4.78 is 23.6. The molecule has 3 heterocycles. The number of amides is 1. The SMILES string of the molecule is COC(=O)c1sc2nc(CN(C)Cc3ccco3)ccc2c1NC(=O)/C=C/c1cccc(F)c1. The topological polar surface area (TPSA) is 84.7 Å².